The number of nitrogens with one attached hydrogen (secondary N) is 4. The van der Waals surface area contributed by atoms with Crippen molar-refractivity contribution < 1.29 is 56.4 Å². The Labute approximate surface area is 415 Å². The number of aromatic nitrogens is 2. The topological polar surface area (TPSA) is 227 Å². The number of carbonyl (C=O) groups is 5. The Bertz CT molecular complexity index is 2640. The number of likely N-dealkylation sites (tertiary alicyclic amines) is 1. The number of nitrogens with zero attached hydrogens (tertiary/aromatic N) is 5. The number of rotatable bonds is 24. The van der Waals surface area contributed by atoms with E-state index in [4.69, 9.17) is 34.1 Å². The molecule has 1 aromatic heterocycles. The molecular formula is C51H59F2N9O10. The van der Waals surface area contributed by atoms with Crippen LogP contribution in [0.2, 0.25) is 0 Å². The number of allylic oxidation sites excluding steroid dienone is 1. The summed E-state index contributed by atoms with van der Waals surface area (Å²) in [7, 11) is 0. The summed E-state index contributed by atoms with van der Waals surface area (Å²) in [6, 6.07) is 11.9. The Kier molecular flexibility index (Phi) is 18.1. The number of amides is 5. The highest BCUT2D eigenvalue weighted by molar-refractivity contribution is 6.25. The summed E-state index contributed by atoms with van der Waals surface area (Å²) in [5, 5.41) is 16.8. The van der Waals surface area contributed by atoms with E-state index in [2.05, 4.69) is 20.9 Å². The van der Waals surface area contributed by atoms with Gasteiger partial charge in [-0.05, 0) is 55.2 Å². The Morgan fingerprint density at radius 3 is 2.19 bits per heavy atom. The monoisotopic (exact) mass is 995 g/mol. The molecule has 1 unspecified atom stereocenters. The zero-order valence-corrected chi connectivity index (χ0v) is 39.9. The molecule has 4 aliphatic rings. The fourth-order valence-electron chi connectivity index (χ4n) is 8.99. The number of hydrogen-bond donors (Lipinski definition) is 4. The summed E-state index contributed by atoms with van der Waals surface area (Å²) in [6.45, 7) is 6.58. The molecule has 382 valence electrons. The fraction of sp³-hybridized carbons (Fsp3) is 0.451. The number of fused-ring (bicyclic) bond motifs is 2. The van der Waals surface area contributed by atoms with Crippen molar-refractivity contribution in [3.8, 4) is 11.1 Å². The van der Waals surface area contributed by atoms with Gasteiger partial charge in [0.2, 0.25) is 17.7 Å². The van der Waals surface area contributed by atoms with Crippen molar-refractivity contribution in [1.82, 2.24) is 35.3 Å². The third kappa shape index (κ3) is 12.9. The maximum Gasteiger partial charge on any atom is 0.264 e. The first-order valence-electron chi connectivity index (χ1n) is 24.3. The highest BCUT2D eigenvalue weighted by atomic mass is 19.1. The van der Waals surface area contributed by atoms with Crippen molar-refractivity contribution in [3.63, 3.8) is 0 Å². The molecule has 3 saturated heterocycles. The molecule has 0 bridgehead atoms. The van der Waals surface area contributed by atoms with Crippen LogP contribution in [-0.2, 0) is 44.6 Å². The Morgan fingerprint density at radius 1 is 0.833 bits per heavy atom. The van der Waals surface area contributed by atoms with Crippen molar-refractivity contribution in [2.24, 2.45) is 0 Å². The zero-order valence-electron chi connectivity index (χ0n) is 39.9. The van der Waals surface area contributed by atoms with Gasteiger partial charge in [-0.1, -0.05) is 18.2 Å². The van der Waals surface area contributed by atoms with Crippen molar-refractivity contribution >= 4 is 58.0 Å². The van der Waals surface area contributed by atoms with Crippen LogP contribution in [0, 0.1) is 17.0 Å². The van der Waals surface area contributed by atoms with Crippen molar-refractivity contribution in [2.75, 3.05) is 104 Å². The predicted molar refractivity (Wildman–Crippen MR) is 260 cm³/mol. The van der Waals surface area contributed by atoms with Crippen molar-refractivity contribution in [1.29, 1.82) is 5.41 Å². The largest absolute Gasteiger partial charge is 0.387 e. The number of carbonyl (C=O) groups excluding carboxylic acids is 5. The number of hydrogen-bond acceptors (Lipinski definition) is 16. The minimum absolute atomic E-state index is 0.0128. The molecule has 1 atom stereocenters. The average Bonchev–Trinajstić information content (AvgIpc) is 3.64. The van der Waals surface area contributed by atoms with Gasteiger partial charge in [-0.25, -0.2) is 13.8 Å². The van der Waals surface area contributed by atoms with Gasteiger partial charge in [-0.2, -0.15) is 0 Å². The van der Waals surface area contributed by atoms with Gasteiger partial charge in [-0.15, -0.1) is 0 Å². The lowest BCUT2D eigenvalue weighted by atomic mass is 10.0. The van der Waals surface area contributed by atoms with Gasteiger partial charge < -0.3 is 44.6 Å². The molecule has 4 aliphatic heterocycles. The molecule has 0 aliphatic carbocycles. The summed E-state index contributed by atoms with van der Waals surface area (Å²) in [5.74, 6) is -3.48. The van der Waals surface area contributed by atoms with E-state index in [1.165, 1.54) is 18.3 Å². The van der Waals surface area contributed by atoms with Crippen LogP contribution in [0.25, 0.3) is 27.7 Å². The van der Waals surface area contributed by atoms with E-state index < -0.39 is 41.3 Å². The summed E-state index contributed by atoms with van der Waals surface area (Å²) in [6.07, 6.45) is 6.28. The van der Waals surface area contributed by atoms with E-state index in [1.807, 2.05) is 9.80 Å². The van der Waals surface area contributed by atoms with Gasteiger partial charge in [0.05, 0.1) is 107 Å². The molecule has 0 spiro atoms. The minimum atomic E-state index is -1.03. The average molecular weight is 996 g/mol. The number of piperidine rings is 2. The summed E-state index contributed by atoms with van der Waals surface area (Å²) >= 11 is 0. The molecule has 4 N–H and O–H groups in total. The van der Waals surface area contributed by atoms with Gasteiger partial charge in [0.25, 0.3) is 11.8 Å². The highest BCUT2D eigenvalue weighted by Crippen LogP contribution is 2.33. The molecule has 3 fully saturated rings. The number of para-hydroxylation sites is 1. The number of halogens is 2. The zero-order chi connectivity index (χ0) is 50.4. The minimum Gasteiger partial charge on any atom is -0.387 e. The van der Waals surface area contributed by atoms with E-state index in [-0.39, 0.29) is 61.1 Å². The maximum atomic E-state index is 15.4. The van der Waals surface area contributed by atoms with Crippen LogP contribution in [0.15, 0.2) is 60.9 Å². The van der Waals surface area contributed by atoms with E-state index in [0.717, 1.165) is 4.90 Å². The second-order valence-corrected chi connectivity index (χ2v) is 17.6. The van der Waals surface area contributed by atoms with E-state index in [9.17, 15) is 24.0 Å². The summed E-state index contributed by atoms with van der Waals surface area (Å²) in [4.78, 5) is 77.2. The predicted octanol–water partition coefficient (Wildman–Crippen LogP) is 3.95. The van der Waals surface area contributed by atoms with Crippen LogP contribution in [0.5, 0.6) is 0 Å². The van der Waals surface area contributed by atoms with E-state index in [1.54, 1.807) is 48.8 Å². The molecular weight excluding hydrogens is 937 g/mol. The second-order valence-electron chi connectivity index (χ2n) is 17.6. The highest BCUT2D eigenvalue weighted by Gasteiger charge is 2.45. The van der Waals surface area contributed by atoms with Crippen molar-refractivity contribution in [3.05, 3.63) is 94.9 Å². The third-order valence-electron chi connectivity index (χ3n) is 12.9. The first kappa shape index (κ1) is 51.7. The van der Waals surface area contributed by atoms with E-state index in [0.29, 0.717) is 144 Å². The van der Waals surface area contributed by atoms with Crippen LogP contribution in [0.3, 0.4) is 0 Å². The van der Waals surface area contributed by atoms with Gasteiger partial charge >= 0.3 is 0 Å². The SMILES string of the molecule is N=C/C(=C\NC1CCN(C(=O)CCOCCOCCOCCOCCNc2cccc3c2C(=O)N(C2CCC(=O)NC2=O)C3=O)CC1)c1cnc2cccc(-c3cc(F)c(CN4CCOCC4)c(F)c3)c2n1. The Hall–Kier alpha value is -6.62. The molecule has 21 heteroatoms. The van der Waals surface area contributed by atoms with Gasteiger partial charge in [0.1, 0.15) is 17.7 Å². The van der Waals surface area contributed by atoms with Crippen LogP contribution in [0.1, 0.15) is 64.1 Å². The smallest absolute Gasteiger partial charge is 0.264 e. The van der Waals surface area contributed by atoms with Crippen molar-refractivity contribution in [2.45, 2.75) is 50.7 Å². The number of anilines is 1. The first-order chi connectivity index (χ1) is 35.1. The molecule has 19 nitrogen and oxygen atoms in total. The number of imide groups is 2. The lowest BCUT2D eigenvalue weighted by molar-refractivity contribution is -0.136. The summed E-state index contributed by atoms with van der Waals surface area (Å²) in [5.41, 5.74) is 3.65. The number of ether oxygens (including phenoxy) is 5. The molecule has 5 amide bonds. The molecule has 0 saturated carbocycles. The van der Waals surface area contributed by atoms with Crippen LogP contribution in [0.4, 0.5) is 14.5 Å². The maximum absolute atomic E-state index is 15.4. The lowest BCUT2D eigenvalue weighted by Gasteiger charge is -2.32. The molecule has 0 radical (unpaired) electrons. The molecule has 3 aromatic carbocycles. The van der Waals surface area contributed by atoms with Gasteiger partial charge in [-0.3, -0.25) is 44.1 Å². The molecule has 72 heavy (non-hydrogen) atoms. The third-order valence-corrected chi connectivity index (χ3v) is 12.9. The van der Waals surface area contributed by atoms with Gasteiger partial charge in [0.15, 0.2) is 0 Å². The number of benzene rings is 3. The second kappa shape index (κ2) is 25.2. The lowest BCUT2D eigenvalue weighted by Crippen LogP contribution is -2.54. The van der Waals surface area contributed by atoms with Crippen LogP contribution >= 0.6 is 0 Å². The van der Waals surface area contributed by atoms with Gasteiger partial charge in [0, 0.05) is 86.5 Å². The van der Waals surface area contributed by atoms with Crippen LogP contribution in [-0.4, -0.2) is 171 Å². The molecule has 4 aromatic rings. The Balaban J connectivity index is 0.667. The quantitative estimate of drug-likeness (QED) is 0.0443. The van der Waals surface area contributed by atoms with E-state index >= 15 is 8.78 Å². The summed E-state index contributed by atoms with van der Waals surface area (Å²) < 4.78 is 58.5. The standard InChI is InChI=1S/C51H59F2N9O10/c52-39-27-33(28-40(53)38(39)32-60-15-19-70-20-16-60)36-3-1-6-42-48(36)58-43(31-57-42)34(29-54)30-56-35-9-13-61(14-10-35)46(64)11-17-68-21-23-71-25-26-72-24-22-69-18-12-55-41-5-2-4-37-47(41)51(67)62(50(37)66)44-7-8-45(63)59-49(44)65/h1-6,27-31,35,44,54-56H,7-26,32H2,(H,59,63,65)/b34-30+,54-29?. The number of morpholine rings is 1. The first-order valence-corrected chi connectivity index (χ1v) is 24.3. The fourth-order valence-corrected chi connectivity index (χ4v) is 8.99. The molecule has 8 rings (SSSR count). The normalized spacial score (nSPS) is 17.9. The Morgan fingerprint density at radius 2 is 1.50 bits per heavy atom. The molecule has 5 heterocycles. The van der Waals surface area contributed by atoms with Crippen LogP contribution < -0.4 is 16.0 Å².